The summed E-state index contributed by atoms with van der Waals surface area (Å²) in [5.74, 6) is 4.80. The molecule has 0 spiro atoms. The van der Waals surface area contributed by atoms with Crippen molar-refractivity contribution in [1.29, 1.82) is 0 Å². The molecule has 5 aromatic rings. The minimum atomic E-state index is 0.602. The Morgan fingerprint density at radius 2 is 1.41 bits per heavy atom. The number of benzene rings is 5. The lowest BCUT2D eigenvalue weighted by molar-refractivity contribution is 0.185. The predicted octanol–water partition coefficient (Wildman–Crippen LogP) is 12.2. The Hall–Kier alpha value is -4.56. The second-order valence-corrected chi connectivity index (χ2v) is 14.2. The van der Waals surface area contributed by atoms with E-state index in [1.807, 2.05) is 30.3 Å². The first-order chi connectivity index (χ1) is 24.7. The molecule has 1 heterocycles. The number of piperidine rings is 1. The summed E-state index contributed by atoms with van der Waals surface area (Å²) in [6.07, 6.45) is 11.2. The normalized spacial score (nSPS) is 12.7. The van der Waals surface area contributed by atoms with Gasteiger partial charge in [0.05, 0.1) is 19.8 Å². The van der Waals surface area contributed by atoms with Crippen LogP contribution in [0, 0.1) is 32.1 Å². The molecule has 3 nitrogen and oxygen atoms in total. The molecular formula is C47H52BrNO2. The van der Waals surface area contributed by atoms with Crippen LogP contribution in [0.15, 0.2) is 114 Å². The third-order valence-corrected chi connectivity index (χ3v) is 9.72. The molecule has 4 heteroatoms. The highest BCUT2D eigenvalue weighted by Crippen LogP contribution is 2.36. The number of methoxy groups -OCH3 is 2. The summed E-state index contributed by atoms with van der Waals surface area (Å²) >= 11 is 3.35. The number of terminal acetylenes is 1. The van der Waals surface area contributed by atoms with Gasteiger partial charge in [-0.2, -0.15) is 0 Å². The van der Waals surface area contributed by atoms with Gasteiger partial charge in [0.1, 0.15) is 0 Å². The molecule has 0 radical (unpaired) electrons. The zero-order valence-corrected chi connectivity index (χ0v) is 32.7. The van der Waals surface area contributed by atoms with Crippen LogP contribution in [-0.4, -0.2) is 32.2 Å². The smallest absolute Gasteiger partial charge is 0.176 e. The summed E-state index contributed by atoms with van der Waals surface area (Å²) in [7, 11) is 3.21. The van der Waals surface area contributed by atoms with Crippen LogP contribution in [0.1, 0.15) is 60.1 Å². The van der Waals surface area contributed by atoms with E-state index in [0.717, 1.165) is 34.5 Å². The van der Waals surface area contributed by atoms with Gasteiger partial charge in [0.25, 0.3) is 0 Å². The summed E-state index contributed by atoms with van der Waals surface area (Å²) in [4.78, 5) is 2.59. The van der Waals surface area contributed by atoms with E-state index in [1.165, 1.54) is 64.9 Å². The van der Waals surface area contributed by atoms with Crippen LogP contribution in [0.5, 0.6) is 11.5 Å². The maximum Gasteiger partial charge on any atom is 0.176 e. The largest absolute Gasteiger partial charge is 0.493 e. The lowest BCUT2D eigenvalue weighted by atomic mass is 9.97. The molecule has 1 aliphatic rings. The SMILES string of the molecule is C#Cc1cc(-c2cccc(CC)c2)cc(OC)c1OC.C=Cc1cc(C)cc(-c2cccc(CN3CCC(C)CC3)c2)c1.Cc1ccc(Br)cc1. The van der Waals surface area contributed by atoms with Crippen LogP contribution in [0.3, 0.4) is 0 Å². The lowest BCUT2D eigenvalue weighted by Crippen LogP contribution is -2.32. The molecule has 0 amide bonds. The van der Waals surface area contributed by atoms with E-state index in [1.54, 1.807) is 14.2 Å². The molecule has 0 N–H and O–H groups in total. The maximum absolute atomic E-state index is 5.57. The number of hydrogen-bond donors (Lipinski definition) is 0. The number of nitrogens with zero attached hydrogens (tertiary/aromatic N) is 1. The number of rotatable bonds is 8. The van der Waals surface area contributed by atoms with Crippen LogP contribution >= 0.6 is 15.9 Å². The molecule has 1 saturated heterocycles. The van der Waals surface area contributed by atoms with E-state index >= 15 is 0 Å². The highest BCUT2D eigenvalue weighted by Gasteiger charge is 2.16. The summed E-state index contributed by atoms with van der Waals surface area (Å²) in [5.41, 5.74) is 11.9. The molecule has 0 aromatic heterocycles. The van der Waals surface area contributed by atoms with Crippen molar-refractivity contribution in [2.45, 2.75) is 53.5 Å². The van der Waals surface area contributed by atoms with Crippen LogP contribution in [0.2, 0.25) is 0 Å². The first-order valence-corrected chi connectivity index (χ1v) is 18.5. The fourth-order valence-corrected chi connectivity index (χ4v) is 6.43. The topological polar surface area (TPSA) is 21.7 Å². The Labute approximate surface area is 315 Å². The predicted molar refractivity (Wildman–Crippen MR) is 222 cm³/mol. The minimum absolute atomic E-state index is 0.602. The molecule has 0 atom stereocenters. The number of halogens is 1. The van der Waals surface area contributed by atoms with Gasteiger partial charge in [0.15, 0.2) is 11.5 Å². The molecule has 0 aliphatic carbocycles. The summed E-state index contributed by atoms with van der Waals surface area (Å²) < 4.78 is 11.8. The van der Waals surface area contributed by atoms with Crippen LogP contribution < -0.4 is 9.47 Å². The molecule has 1 fully saturated rings. The van der Waals surface area contributed by atoms with Gasteiger partial charge in [0.2, 0.25) is 0 Å². The van der Waals surface area contributed by atoms with Gasteiger partial charge in [-0.3, -0.25) is 4.90 Å². The Bertz CT molecular complexity index is 1890. The monoisotopic (exact) mass is 741 g/mol. The van der Waals surface area contributed by atoms with Crippen LogP contribution in [0.25, 0.3) is 28.3 Å². The minimum Gasteiger partial charge on any atom is -0.493 e. The molecule has 264 valence electrons. The third-order valence-electron chi connectivity index (χ3n) is 9.19. The molecule has 1 aliphatic heterocycles. The molecule has 6 rings (SSSR count). The van der Waals surface area contributed by atoms with Gasteiger partial charge < -0.3 is 9.47 Å². The lowest BCUT2D eigenvalue weighted by Gasteiger charge is -2.30. The van der Waals surface area contributed by atoms with E-state index in [9.17, 15) is 0 Å². The average Bonchev–Trinajstić information content (AvgIpc) is 3.16. The highest BCUT2D eigenvalue weighted by atomic mass is 79.9. The fourth-order valence-electron chi connectivity index (χ4n) is 6.17. The van der Waals surface area contributed by atoms with Gasteiger partial charge in [-0.1, -0.05) is 121 Å². The van der Waals surface area contributed by atoms with Crippen molar-refractivity contribution in [2.75, 3.05) is 27.3 Å². The average molecular weight is 743 g/mol. The van der Waals surface area contributed by atoms with Gasteiger partial charge in [0, 0.05) is 11.0 Å². The number of hydrogen-bond acceptors (Lipinski definition) is 3. The molecular weight excluding hydrogens is 690 g/mol. The molecule has 0 unspecified atom stereocenters. The summed E-state index contributed by atoms with van der Waals surface area (Å²) in [5, 5.41) is 0. The van der Waals surface area contributed by atoms with E-state index < -0.39 is 0 Å². The van der Waals surface area contributed by atoms with Crippen LogP contribution in [0.4, 0.5) is 0 Å². The highest BCUT2D eigenvalue weighted by molar-refractivity contribution is 9.10. The first-order valence-electron chi connectivity index (χ1n) is 17.8. The Balaban J connectivity index is 0.000000190. The first kappa shape index (κ1) is 39.2. The quantitative estimate of drug-likeness (QED) is 0.148. The zero-order chi connectivity index (χ0) is 36.8. The zero-order valence-electron chi connectivity index (χ0n) is 31.1. The van der Waals surface area contributed by atoms with Gasteiger partial charge in [-0.05, 0) is 133 Å². The van der Waals surface area contributed by atoms with Crippen molar-refractivity contribution in [1.82, 2.24) is 4.90 Å². The van der Waals surface area contributed by atoms with Crippen molar-refractivity contribution < 1.29 is 9.47 Å². The summed E-state index contributed by atoms with van der Waals surface area (Å²) in [6.45, 7) is 16.2. The fraction of sp³-hybridized carbons (Fsp3) is 0.277. The maximum atomic E-state index is 5.57. The van der Waals surface area contributed by atoms with Crippen molar-refractivity contribution in [3.05, 3.63) is 148 Å². The van der Waals surface area contributed by atoms with E-state index in [0.29, 0.717) is 17.1 Å². The van der Waals surface area contributed by atoms with Gasteiger partial charge in [-0.25, -0.2) is 0 Å². The second-order valence-electron chi connectivity index (χ2n) is 13.2. The standard InChI is InChI=1S/C22H27N.C18H18O2.C7H7Br/c1-4-19-12-18(3)13-22(14-19)21-7-5-6-20(15-21)16-23-10-8-17(2)9-11-23;1-5-13-8-7-9-15(10-13)16-11-14(6-2)18(20-4)17(12-16)19-3;1-6-2-4-7(8)5-3-6/h4-7,12-15,17H,1,8-11,16H2,2-3H3;2,7-12H,5H2,1,3-4H3;2-5H,1H3. The number of ether oxygens (including phenoxy) is 2. The van der Waals surface area contributed by atoms with Crippen molar-refractivity contribution in [3.8, 4) is 46.1 Å². The van der Waals surface area contributed by atoms with E-state index in [-0.39, 0.29) is 0 Å². The van der Waals surface area contributed by atoms with Gasteiger partial charge in [-0.15, -0.1) is 6.42 Å². The molecule has 5 aromatic carbocycles. The van der Waals surface area contributed by atoms with Gasteiger partial charge >= 0.3 is 0 Å². The van der Waals surface area contributed by atoms with E-state index in [4.69, 9.17) is 15.9 Å². The molecule has 0 bridgehead atoms. The summed E-state index contributed by atoms with van der Waals surface area (Å²) in [6, 6.07) is 36.2. The van der Waals surface area contributed by atoms with Crippen LogP contribution in [-0.2, 0) is 13.0 Å². The molecule has 0 saturated carbocycles. The van der Waals surface area contributed by atoms with E-state index in [2.05, 4.69) is 140 Å². The second kappa shape index (κ2) is 19.7. The Morgan fingerprint density at radius 1 is 0.784 bits per heavy atom. The van der Waals surface area contributed by atoms with Crippen molar-refractivity contribution in [2.24, 2.45) is 5.92 Å². The molecule has 51 heavy (non-hydrogen) atoms. The van der Waals surface area contributed by atoms with Crippen molar-refractivity contribution >= 4 is 22.0 Å². The number of likely N-dealkylation sites (tertiary alicyclic amines) is 1. The Kier molecular flexibility index (Phi) is 15.2. The van der Waals surface area contributed by atoms with Crippen molar-refractivity contribution in [3.63, 3.8) is 0 Å². The third kappa shape index (κ3) is 11.7. The Morgan fingerprint density at radius 3 is 1.98 bits per heavy atom. The number of aryl methyl sites for hydroxylation is 3.